The Balaban J connectivity index is 2.25. The van der Waals surface area contributed by atoms with Gasteiger partial charge in [0.1, 0.15) is 5.56 Å². The van der Waals surface area contributed by atoms with Crippen LogP contribution in [-0.2, 0) is 0 Å². The molecule has 0 atom stereocenters. The van der Waals surface area contributed by atoms with E-state index in [9.17, 15) is 14.7 Å². The Labute approximate surface area is 118 Å². The molecule has 0 bridgehead atoms. The number of nitrogens with zero attached hydrogens (tertiary/aromatic N) is 1. The number of aromatic nitrogens is 1. The van der Waals surface area contributed by atoms with Crippen LogP contribution in [0.2, 0.25) is 5.02 Å². The summed E-state index contributed by atoms with van der Waals surface area (Å²) in [4.78, 5) is 26.3. The van der Waals surface area contributed by atoms with Gasteiger partial charge in [0.2, 0.25) is 5.88 Å². The van der Waals surface area contributed by atoms with Crippen molar-refractivity contribution in [3.05, 3.63) is 52.7 Å². The number of carboxylic acids is 1. The summed E-state index contributed by atoms with van der Waals surface area (Å²) in [7, 11) is 0. The molecule has 1 aromatic heterocycles. The maximum Gasteiger partial charge on any atom is 0.335 e. The average Bonchev–Trinajstić information content (AvgIpc) is 2.41. The van der Waals surface area contributed by atoms with Crippen LogP contribution >= 0.6 is 11.6 Å². The van der Waals surface area contributed by atoms with Crippen LogP contribution in [0.25, 0.3) is 0 Å². The van der Waals surface area contributed by atoms with Gasteiger partial charge >= 0.3 is 5.97 Å². The molecular weight excluding hydrogens is 284 g/mol. The molecule has 0 unspecified atom stereocenters. The summed E-state index contributed by atoms with van der Waals surface area (Å²) >= 11 is 5.89. The Morgan fingerprint density at radius 1 is 1.25 bits per heavy atom. The van der Waals surface area contributed by atoms with E-state index in [2.05, 4.69) is 10.3 Å². The number of hydrogen-bond acceptors (Lipinski definition) is 4. The standard InChI is InChI=1S/C13H9ClN2O4/c14-9-6-7(13(19)20)3-4-10(9)16-12(18)8-2-1-5-15-11(8)17/h1-6H,(H,15,17)(H,16,18)(H,19,20). The van der Waals surface area contributed by atoms with Gasteiger partial charge in [-0.25, -0.2) is 9.78 Å². The molecule has 2 rings (SSSR count). The van der Waals surface area contributed by atoms with Crippen LogP contribution < -0.4 is 5.32 Å². The van der Waals surface area contributed by atoms with Crippen molar-refractivity contribution in [1.29, 1.82) is 0 Å². The highest BCUT2D eigenvalue weighted by Gasteiger charge is 2.14. The number of carbonyl (C=O) groups excluding carboxylic acids is 1. The number of aromatic hydroxyl groups is 1. The first-order valence-electron chi connectivity index (χ1n) is 5.47. The highest BCUT2D eigenvalue weighted by Crippen LogP contribution is 2.24. The van der Waals surface area contributed by atoms with Gasteiger partial charge in [0.25, 0.3) is 5.91 Å². The van der Waals surface area contributed by atoms with Gasteiger partial charge < -0.3 is 15.5 Å². The lowest BCUT2D eigenvalue weighted by atomic mass is 10.2. The fourth-order valence-corrected chi connectivity index (χ4v) is 1.74. The predicted molar refractivity (Wildman–Crippen MR) is 72.3 cm³/mol. The summed E-state index contributed by atoms with van der Waals surface area (Å²) in [5.41, 5.74) is 0.244. The number of halogens is 1. The van der Waals surface area contributed by atoms with Crippen molar-refractivity contribution in [2.24, 2.45) is 0 Å². The van der Waals surface area contributed by atoms with Crippen LogP contribution in [0.15, 0.2) is 36.5 Å². The maximum absolute atomic E-state index is 11.9. The molecule has 0 fully saturated rings. The number of carbonyl (C=O) groups is 2. The molecule has 0 spiro atoms. The smallest absolute Gasteiger partial charge is 0.335 e. The summed E-state index contributed by atoms with van der Waals surface area (Å²) in [5, 5.41) is 20.8. The molecule has 3 N–H and O–H groups in total. The van der Waals surface area contributed by atoms with Crippen molar-refractivity contribution in [2.75, 3.05) is 5.32 Å². The normalized spacial score (nSPS) is 10.1. The second kappa shape index (κ2) is 5.58. The highest BCUT2D eigenvalue weighted by atomic mass is 35.5. The Bertz CT molecular complexity index is 688. The Morgan fingerprint density at radius 2 is 2.00 bits per heavy atom. The molecular formula is C13H9ClN2O4. The van der Waals surface area contributed by atoms with E-state index >= 15 is 0 Å². The van der Waals surface area contributed by atoms with E-state index in [4.69, 9.17) is 16.7 Å². The number of benzene rings is 1. The Hall–Kier alpha value is -2.60. The molecule has 1 heterocycles. The van der Waals surface area contributed by atoms with Gasteiger partial charge in [-0.05, 0) is 30.3 Å². The third-order valence-corrected chi connectivity index (χ3v) is 2.81. The summed E-state index contributed by atoms with van der Waals surface area (Å²) in [6, 6.07) is 6.81. The minimum absolute atomic E-state index is 0.00845. The monoisotopic (exact) mass is 292 g/mol. The lowest BCUT2D eigenvalue weighted by Gasteiger charge is -2.08. The molecule has 7 heteroatoms. The molecule has 0 saturated heterocycles. The molecule has 0 aliphatic carbocycles. The van der Waals surface area contributed by atoms with Gasteiger partial charge in [0.15, 0.2) is 0 Å². The lowest BCUT2D eigenvalue weighted by Crippen LogP contribution is -2.13. The Kier molecular flexibility index (Phi) is 3.86. The van der Waals surface area contributed by atoms with Gasteiger partial charge in [-0.15, -0.1) is 0 Å². The third-order valence-electron chi connectivity index (χ3n) is 2.50. The largest absolute Gasteiger partial charge is 0.493 e. The predicted octanol–water partition coefficient (Wildman–Crippen LogP) is 2.39. The molecule has 0 radical (unpaired) electrons. The number of rotatable bonds is 3. The van der Waals surface area contributed by atoms with Crippen LogP contribution in [0.4, 0.5) is 5.69 Å². The molecule has 20 heavy (non-hydrogen) atoms. The molecule has 1 amide bonds. The second-order valence-electron chi connectivity index (χ2n) is 3.83. The van der Waals surface area contributed by atoms with Crippen molar-refractivity contribution in [2.45, 2.75) is 0 Å². The van der Waals surface area contributed by atoms with E-state index in [1.54, 1.807) is 0 Å². The first-order chi connectivity index (χ1) is 9.49. The lowest BCUT2D eigenvalue weighted by molar-refractivity contribution is 0.0696. The summed E-state index contributed by atoms with van der Waals surface area (Å²) in [6.45, 7) is 0. The van der Waals surface area contributed by atoms with Crippen LogP contribution in [-0.4, -0.2) is 27.1 Å². The van der Waals surface area contributed by atoms with E-state index < -0.39 is 17.8 Å². The van der Waals surface area contributed by atoms with Crippen LogP contribution in [0.5, 0.6) is 5.88 Å². The highest BCUT2D eigenvalue weighted by molar-refractivity contribution is 6.34. The van der Waals surface area contributed by atoms with Crippen LogP contribution in [0.3, 0.4) is 0 Å². The van der Waals surface area contributed by atoms with E-state index in [1.807, 2.05) is 0 Å². The minimum atomic E-state index is -1.12. The van der Waals surface area contributed by atoms with Gasteiger partial charge in [0.05, 0.1) is 16.3 Å². The number of amides is 1. The van der Waals surface area contributed by atoms with Gasteiger partial charge in [-0.1, -0.05) is 11.6 Å². The number of carboxylic acid groups (broad SMARTS) is 1. The first kappa shape index (κ1) is 13.8. The van der Waals surface area contributed by atoms with Crippen molar-refractivity contribution in [3.63, 3.8) is 0 Å². The summed E-state index contributed by atoms with van der Waals surface area (Å²) in [5.74, 6) is -2.11. The molecule has 2 aromatic rings. The van der Waals surface area contributed by atoms with E-state index in [0.29, 0.717) is 0 Å². The van der Waals surface area contributed by atoms with Gasteiger partial charge in [-0.2, -0.15) is 0 Å². The van der Waals surface area contributed by atoms with Gasteiger partial charge in [0, 0.05) is 6.20 Å². The van der Waals surface area contributed by atoms with Crippen molar-refractivity contribution in [3.8, 4) is 5.88 Å². The molecule has 0 saturated carbocycles. The number of aromatic carboxylic acids is 1. The molecule has 0 aliphatic rings. The zero-order valence-corrected chi connectivity index (χ0v) is 10.8. The molecule has 6 nitrogen and oxygen atoms in total. The van der Waals surface area contributed by atoms with Crippen molar-refractivity contribution in [1.82, 2.24) is 4.98 Å². The zero-order valence-electron chi connectivity index (χ0n) is 10.0. The van der Waals surface area contributed by atoms with E-state index in [1.165, 1.54) is 36.5 Å². The summed E-state index contributed by atoms with van der Waals surface area (Å²) in [6.07, 6.45) is 1.35. The number of anilines is 1. The fourth-order valence-electron chi connectivity index (χ4n) is 1.51. The number of pyridine rings is 1. The SMILES string of the molecule is O=C(O)c1ccc(NC(=O)c2cccnc2O)c(Cl)c1. The van der Waals surface area contributed by atoms with Crippen LogP contribution in [0.1, 0.15) is 20.7 Å². The third kappa shape index (κ3) is 2.86. The molecule has 1 aromatic carbocycles. The maximum atomic E-state index is 11.9. The zero-order chi connectivity index (χ0) is 14.7. The second-order valence-corrected chi connectivity index (χ2v) is 4.24. The quantitative estimate of drug-likeness (QED) is 0.806. The molecule has 102 valence electrons. The number of nitrogens with one attached hydrogen (secondary N) is 1. The summed E-state index contributed by atoms with van der Waals surface area (Å²) < 4.78 is 0. The van der Waals surface area contributed by atoms with Crippen molar-refractivity contribution < 1.29 is 19.8 Å². The van der Waals surface area contributed by atoms with E-state index in [0.717, 1.165) is 0 Å². The van der Waals surface area contributed by atoms with Crippen LogP contribution in [0, 0.1) is 0 Å². The Morgan fingerprint density at radius 3 is 2.60 bits per heavy atom. The fraction of sp³-hybridized carbons (Fsp3) is 0. The number of hydrogen-bond donors (Lipinski definition) is 3. The topological polar surface area (TPSA) is 99.5 Å². The molecule has 0 aliphatic heterocycles. The van der Waals surface area contributed by atoms with Crippen molar-refractivity contribution >= 4 is 29.2 Å². The first-order valence-corrected chi connectivity index (χ1v) is 5.85. The average molecular weight is 293 g/mol. The van der Waals surface area contributed by atoms with E-state index in [-0.39, 0.29) is 21.8 Å². The van der Waals surface area contributed by atoms with Gasteiger partial charge in [-0.3, -0.25) is 4.79 Å². The minimum Gasteiger partial charge on any atom is -0.493 e.